The summed E-state index contributed by atoms with van der Waals surface area (Å²) in [6, 6.07) is 5.57. The van der Waals surface area contributed by atoms with Gasteiger partial charge in [0.05, 0.1) is 0 Å². The number of hydrogen-bond donors (Lipinski definition) is 1. The summed E-state index contributed by atoms with van der Waals surface area (Å²) in [7, 11) is -3.40. The van der Waals surface area contributed by atoms with Crippen molar-refractivity contribution in [1.82, 2.24) is 14.3 Å². The van der Waals surface area contributed by atoms with Crippen molar-refractivity contribution in [3.05, 3.63) is 28.8 Å². The number of hydrogen-bond acceptors (Lipinski definition) is 7. The van der Waals surface area contributed by atoms with Crippen molar-refractivity contribution in [1.29, 1.82) is 0 Å². The number of anilines is 2. The summed E-state index contributed by atoms with van der Waals surface area (Å²) in [6.07, 6.45) is 0.856. The normalized spacial score (nSPS) is 16.0. The molecule has 3 heterocycles. The van der Waals surface area contributed by atoms with Gasteiger partial charge in [-0.2, -0.15) is 9.29 Å². The van der Waals surface area contributed by atoms with E-state index in [1.54, 1.807) is 10.4 Å². The summed E-state index contributed by atoms with van der Waals surface area (Å²) in [5.41, 5.74) is 0.895. The monoisotopic (exact) mass is 395 g/mol. The molecular formula is C17H25N5O2S2. The number of piperazine rings is 1. The first-order valence-electron chi connectivity index (χ1n) is 8.87. The SMILES string of the molecule is CCNc1nc(C)cc(N2CCN(S(=O)(=O)c3ccc(CC)s3)CC2)n1. The average Bonchev–Trinajstić information content (AvgIpc) is 3.12. The second kappa shape index (κ2) is 7.89. The van der Waals surface area contributed by atoms with Gasteiger partial charge in [0.25, 0.3) is 10.0 Å². The van der Waals surface area contributed by atoms with Gasteiger partial charge in [0.15, 0.2) is 0 Å². The van der Waals surface area contributed by atoms with E-state index in [1.165, 1.54) is 11.3 Å². The Balaban J connectivity index is 1.71. The predicted octanol–water partition coefficient (Wildman–Crippen LogP) is 2.35. The van der Waals surface area contributed by atoms with E-state index in [4.69, 9.17) is 0 Å². The van der Waals surface area contributed by atoms with E-state index in [9.17, 15) is 8.42 Å². The topological polar surface area (TPSA) is 78.4 Å². The van der Waals surface area contributed by atoms with Crippen molar-refractivity contribution in [2.45, 2.75) is 31.4 Å². The second-order valence-electron chi connectivity index (χ2n) is 6.19. The summed E-state index contributed by atoms with van der Waals surface area (Å²) in [5.74, 6) is 1.46. The molecule has 0 radical (unpaired) electrons. The molecule has 26 heavy (non-hydrogen) atoms. The third kappa shape index (κ3) is 3.99. The van der Waals surface area contributed by atoms with Gasteiger partial charge in [0, 0.05) is 49.4 Å². The van der Waals surface area contributed by atoms with Crippen LogP contribution in [-0.4, -0.2) is 55.4 Å². The summed E-state index contributed by atoms with van der Waals surface area (Å²) < 4.78 is 27.7. The highest BCUT2D eigenvalue weighted by atomic mass is 32.2. The van der Waals surface area contributed by atoms with Gasteiger partial charge in [-0.3, -0.25) is 0 Å². The molecule has 1 aliphatic heterocycles. The summed E-state index contributed by atoms with van der Waals surface area (Å²) >= 11 is 1.37. The largest absolute Gasteiger partial charge is 0.354 e. The molecule has 0 saturated carbocycles. The molecular weight excluding hydrogens is 370 g/mol. The maximum atomic E-state index is 12.8. The van der Waals surface area contributed by atoms with Crippen LogP contribution in [0.2, 0.25) is 0 Å². The number of sulfonamides is 1. The standard InChI is InChI=1S/C17H25N5O2S2/c1-4-14-6-7-16(25-14)26(23,24)22-10-8-21(9-11-22)15-12-13(3)19-17(20-15)18-5-2/h6-7,12H,4-5,8-11H2,1-3H3,(H,18,19,20). The van der Waals surface area contributed by atoms with Crippen molar-refractivity contribution in [2.75, 3.05) is 42.9 Å². The van der Waals surface area contributed by atoms with Crippen LogP contribution in [0.1, 0.15) is 24.4 Å². The molecule has 0 amide bonds. The molecule has 1 N–H and O–H groups in total. The minimum atomic E-state index is -3.40. The number of aryl methyl sites for hydroxylation is 2. The molecule has 1 aliphatic rings. The molecule has 142 valence electrons. The third-order valence-electron chi connectivity index (χ3n) is 4.32. The van der Waals surface area contributed by atoms with E-state index in [1.807, 2.05) is 32.9 Å². The average molecular weight is 396 g/mol. The van der Waals surface area contributed by atoms with Crippen LogP contribution in [0, 0.1) is 6.92 Å². The molecule has 7 nitrogen and oxygen atoms in total. The second-order valence-corrected chi connectivity index (χ2v) is 9.52. The van der Waals surface area contributed by atoms with Gasteiger partial charge < -0.3 is 10.2 Å². The van der Waals surface area contributed by atoms with Gasteiger partial charge in [-0.25, -0.2) is 13.4 Å². The Bertz CT molecular complexity index is 858. The maximum absolute atomic E-state index is 12.8. The zero-order valence-corrected chi connectivity index (χ0v) is 17.0. The molecule has 1 fully saturated rings. The lowest BCUT2D eigenvalue weighted by atomic mass is 10.3. The van der Waals surface area contributed by atoms with Gasteiger partial charge in [0.1, 0.15) is 10.0 Å². The number of thiophene rings is 1. The Labute approximate surface area is 159 Å². The lowest BCUT2D eigenvalue weighted by Crippen LogP contribution is -2.48. The fourth-order valence-electron chi connectivity index (χ4n) is 2.92. The molecule has 0 atom stereocenters. The zero-order chi connectivity index (χ0) is 18.7. The van der Waals surface area contributed by atoms with Crippen LogP contribution in [0.4, 0.5) is 11.8 Å². The first kappa shape index (κ1) is 19.1. The third-order valence-corrected chi connectivity index (χ3v) is 7.91. The first-order chi connectivity index (χ1) is 12.4. The summed E-state index contributed by atoms with van der Waals surface area (Å²) in [6.45, 7) is 8.89. The Kier molecular flexibility index (Phi) is 5.79. The highest BCUT2D eigenvalue weighted by molar-refractivity contribution is 7.91. The van der Waals surface area contributed by atoms with Crippen LogP contribution >= 0.6 is 11.3 Å². The fraction of sp³-hybridized carbons (Fsp3) is 0.529. The first-order valence-corrected chi connectivity index (χ1v) is 11.1. The Morgan fingerprint density at radius 3 is 2.50 bits per heavy atom. The number of nitrogens with one attached hydrogen (secondary N) is 1. The molecule has 9 heteroatoms. The predicted molar refractivity (Wildman–Crippen MR) is 106 cm³/mol. The lowest BCUT2D eigenvalue weighted by molar-refractivity contribution is 0.384. The summed E-state index contributed by atoms with van der Waals surface area (Å²) in [4.78, 5) is 12.1. The van der Waals surface area contributed by atoms with Gasteiger partial charge >= 0.3 is 0 Å². The van der Waals surface area contributed by atoms with Crippen LogP contribution in [0.15, 0.2) is 22.4 Å². The number of rotatable bonds is 6. The quantitative estimate of drug-likeness (QED) is 0.809. The molecule has 0 aliphatic carbocycles. The van der Waals surface area contributed by atoms with Crippen LogP contribution in [0.5, 0.6) is 0 Å². The summed E-state index contributed by atoms with van der Waals surface area (Å²) in [5, 5.41) is 3.14. The molecule has 0 bridgehead atoms. The highest BCUT2D eigenvalue weighted by Crippen LogP contribution is 2.27. The van der Waals surface area contributed by atoms with E-state index in [0.29, 0.717) is 36.3 Å². The lowest BCUT2D eigenvalue weighted by Gasteiger charge is -2.34. The molecule has 1 saturated heterocycles. The van der Waals surface area contributed by atoms with E-state index in [2.05, 4.69) is 20.2 Å². The van der Waals surface area contributed by atoms with Gasteiger partial charge in [-0.05, 0) is 32.4 Å². The molecule has 2 aromatic heterocycles. The van der Waals surface area contributed by atoms with Gasteiger partial charge in [-0.1, -0.05) is 6.92 Å². The van der Waals surface area contributed by atoms with Gasteiger partial charge in [-0.15, -0.1) is 11.3 Å². The van der Waals surface area contributed by atoms with E-state index in [-0.39, 0.29) is 0 Å². The van der Waals surface area contributed by atoms with Crippen LogP contribution in [-0.2, 0) is 16.4 Å². The van der Waals surface area contributed by atoms with Crippen molar-refractivity contribution in [3.63, 3.8) is 0 Å². The van der Waals surface area contributed by atoms with Crippen LogP contribution < -0.4 is 10.2 Å². The molecule has 0 unspecified atom stereocenters. The van der Waals surface area contributed by atoms with Crippen molar-refractivity contribution in [3.8, 4) is 0 Å². The maximum Gasteiger partial charge on any atom is 0.252 e. The Hall–Kier alpha value is -1.71. The highest BCUT2D eigenvalue weighted by Gasteiger charge is 2.30. The minimum absolute atomic E-state index is 0.440. The van der Waals surface area contributed by atoms with E-state index >= 15 is 0 Å². The van der Waals surface area contributed by atoms with Crippen molar-refractivity contribution >= 4 is 33.1 Å². The Morgan fingerprint density at radius 1 is 1.15 bits per heavy atom. The minimum Gasteiger partial charge on any atom is -0.354 e. The fourth-order valence-corrected chi connectivity index (χ4v) is 5.79. The van der Waals surface area contributed by atoms with Crippen LogP contribution in [0.25, 0.3) is 0 Å². The van der Waals surface area contributed by atoms with Gasteiger partial charge in [0.2, 0.25) is 5.95 Å². The number of nitrogens with zero attached hydrogens (tertiary/aromatic N) is 4. The van der Waals surface area contributed by atoms with Crippen LogP contribution in [0.3, 0.4) is 0 Å². The smallest absolute Gasteiger partial charge is 0.252 e. The molecule has 0 spiro atoms. The Morgan fingerprint density at radius 2 is 1.88 bits per heavy atom. The van der Waals surface area contributed by atoms with E-state index < -0.39 is 10.0 Å². The molecule has 0 aromatic carbocycles. The van der Waals surface area contributed by atoms with Crippen molar-refractivity contribution < 1.29 is 8.42 Å². The zero-order valence-electron chi connectivity index (χ0n) is 15.4. The molecule has 3 rings (SSSR count). The number of aromatic nitrogens is 2. The molecule has 2 aromatic rings. The van der Waals surface area contributed by atoms with E-state index in [0.717, 1.165) is 29.4 Å². The van der Waals surface area contributed by atoms with Crippen molar-refractivity contribution in [2.24, 2.45) is 0 Å².